The molecule has 82 valence electrons. The van der Waals surface area contributed by atoms with Gasteiger partial charge in [-0.3, -0.25) is 0 Å². The molecule has 0 aliphatic heterocycles. The monoisotopic (exact) mass is 209 g/mol. The molecule has 1 aromatic carbocycles. The highest BCUT2D eigenvalue weighted by Crippen LogP contribution is 2.08. The number of nitrogens with one attached hydrogen (secondary N) is 1. The molecule has 1 N–H and O–H groups in total. The normalized spacial score (nSPS) is 9.67. The summed E-state index contributed by atoms with van der Waals surface area (Å²) in [5.74, 6) is 0.492. The molecule has 0 fully saturated rings. The third kappa shape index (κ3) is 5.02. The van der Waals surface area contributed by atoms with Crippen LogP contribution in [0.5, 0.6) is 5.75 Å². The van der Waals surface area contributed by atoms with E-state index in [0.717, 1.165) is 6.54 Å². The van der Waals surface area contributed by atoms with Gasteiger partial charge in [0.2, 0.25) is 0 Å². The summed E-state index contributed by atoms with van der Waals surface area (Å²) in [6, 6.07) is 8.84. The van der Waals surface area contributed by atoms with E-state index in [1.807, 2.05) is 13.0 Å². The second kappa shape index (κ2) is 6.84. The average molecular weight is 209 g/mol. The van der Waals surface area contributed by atoms with Crippen LogP contribution in [0.2, 0.25) is 0 Å². The zero-order chi connectivity index (χ0) is 10.9. The number of ether oxygens (including phenoxy) is 2. The van der Waals surface area contributed by atoms with Gasteiger partial charge in [0.25, 0.3) is 0 Å². The van der Waals surface area contributed by atoms with Gasteiger partial charge in [-0.2, -0.15) is 0 Å². The van der Waals surface area contributed by atoms with Crippen molar-refractivity contribution in [3.63, 3.8) is 0 Å². The predicted molar refractivity (Wildman–Crippen MR) is 57.0 cm³/mol. The molecular weight excluding hydrogens is 194 g/mol. The lowest BCUT2D eigenvalue weighted by molar-refractivity contribution is 0.0999. The summed E-state index contributed by atoms with van der Waals surface area (Å²) in [6.07, 6.45) is -0.667. The fourth-order valence-electron chi connectivity index (χ4n) is 0.998. The molecule has 15 heavy (non-hydrogen) atoms. The van der Waals surface area contributed by atoms with Crippen LogP contribution in [0.4, 0.5) is 4.79 Å². The van der Waals surface area contributed by atoms with E-state index in [1.54, 1.807) is 24.3 Å². The molecule has 0 unspecified atom stereocenters. The molecule has 0 atom stereocenters. The van der Waals surface area contributed by atoms with Gasteiger partial charge in [0.15, 0.2) is 0 Å². The Bertz CT molecular complexity index is 287. The Labute approximate surface area is 89.2 Å². The minimum atomic E-state index is -0.667. The molecule has 4 heteroatoms. The fraction of sp³-hybridized carbons (Fsp3) is 0.364. The lowest BCUT2D eigenvalue weighted by atomic mass is 10.3. The second-order valence-corrected chi connectivity index (χ2v) is 2.87. The van der Waals surface area contributed by atoms with E-state index >= 15 is 0 Å². The molecule has 0 radical (unpaired) electrons. The van der Waals surface area contributed by atoms with E-state index in [9.17, 15) is 4.79 Å². The van der Waals surface area contributed by atoms with Gasteiger partial charge in [-0.05, 0) is 18.7 Å². The number of rotatable bonds is 5. The minimum Gasteiger partial charge on any atom is -0.433 e. The van der Waals surface area contributed by atoms with Crippen LogP contribution in [-0.2, 0) is 4.74 Å². The van der Waals surface area contributed by atoms with Crippen molar-refractivity contribution in [3.8, 4) is 5.75 Å². The zero-order valence-electron chi connectivity index (χ0n) is 8.73. The van der Waals surface area contributed by atoms with Crippen molar-refractivity contribution in [3.05, 3.63) is 30.3 Å². The molecule has 0 aromatic heterocycles. The maximum absolute atomic E-state index is 11.1. The highest BCUT2D eigenvalue weighted by Gasteiger charge is 2.04. The number of hydrogen-bond acceptors (Lipinski definition) is 4. The van der Waals surface area contributed by atoms with Crippen LogP contribution in [-0.4, -0.2) is 25.9 Å². The second-order valence-electron chi connectivity index (χ2n) is 2.87. The van der Waals surface area contributed by atoms with Crippen molar-refractivity contribution in [1.82, 2.24) is 5.32 Å². The first-order valence-corrected chi connectivity index (χ1v) is 4.93. The molecule has 0 aliphatic rings. The summed E-state index contributed by atoms with van der Waals surface area (Å²) in [5.41, 5.74) is 0. The third-order valence-corrected chi connectivity index (χ3v) is 1.69. The largest absolute Gasteiger partial charge is 0.513 e. The molecule has 0 bridgehead atoms. The van der Waals surface area contributed by atoms with Gasteiger partial charge in [0, 0.05) is 6.54 Å². The molecule has 0 spiro atoms. The standard InChI is InChI=1S/C11H15NO3/c1-2-12-8-9-14-11(13)15-10-6-4-3-5-7-10/h3-7,12H,2,8-9H2,1H3. The quantitative estimate of drug-likeness (QED) is 0.456. The Kier molecular flexibility index (Phi) is 5.25. The molecule has 0 aliphatic carbocycles. The lowest BCUT2D eigenvalue weighted by Crippen LogP contribution is -2.22. The fourth-order valence-corrected chi connectivity index (χ4v) is 0.998. The number of hydrogen-bond donors (Lipinski definition) is 1. The number of carbonyl (C=O) groups is 1. The highest BCUT2D eigenvalue weighted by atomic mass is 16.7. The third-order valence-electron chi connectivity index (χ3n) is 1.69. The van der Waals surface area contributed by atoms with Crippen molar-refractivity contribution >= 4 is 6.16 Å². The Morgan fingerprint density at radius 1 is 1.33 bits per heavy atom. The molecule has 1 rings (SSSR count). The summed E-state index contributed by atoms with van der Waals surface area (Å²) in [5, 5.41) is 3.03. The maximum atomic E-state index is 11.1. The Hall–Kier alpha value is -1.55. The minimum absolute atomic E-state index is 0.319. The van der Waals surface area contributed by atoms with Gasteiger partial charge in [0.05, 0.1) is 0 Å². The van der Waals surface area contributed by atoms with Crippen LogP contribution in [0.1, 0.15) is 6.92 Å². The molecule has 0 heterocycles. The van der Waals surface area contributed by atoms with E-state index in [-0.39, 0.29) is 0 Å². The summed E-state index contributed by atoms with van der Waals surface area (Å²) in [6.45, 7) is 3.80. The van der Waals surface area contributed by atoms with Gasteiger partial charge in [0.1, 0.15) is 12.4 Å². The SMILES string of the molecule is CCNCCOC(=O)Oc1ccccc1. The van der Waals surface area contributed by atoms with Gasteiger partial charge >= 0.3 is 6.16 Å². The molecular formula is C11H15NO3. The average Bonchev–Trinajstić information content (AvgIpc) is 2.26. The summed E-state index contributed by atoms with van der Waals surface area (Å²) in [7, 11) is 0. The summed E-state index contributed by atoms with van der Waals surface area (Å²) in [4.78, 5) is 11.1. The first kappa shape index (κ1) is 11.5. The molecule has 0 amide bonds. The van der Waals surface area contributed by atoms with Gasteiger partial charge in [-0.1, -0.05) is 25.1 Å². The first-order valence-electron chi connectivity index (χ1n) is 4.93. The van der Waals surface area contributed by atoms with Gasteiger partial charge in [-0.25, -0.2) is 4.79 Å². The molecule has 0 saturated heterocycles. The Morgan fingerprint density at radius 3 is 2.73 bits per heavy atom. The van der Waals surface area contributed by atoms with E-state index in [2.05, 4.69) is 5.32 Å². The van der Waals surface area contributed by atoms with Crippen molar-refractivity contribution in [2.75, 3.05) is 19.7 Å². The highest BCUT2D eigenvalue weighted by molar-refractivity contribution is 5.63. The van der Waals surface area contributed by atoms with E-state index in [1.165, 1.54) is 0 Å². The zero-order valence-corrected chi connectivity index (χ0v) is 8.73. The van der Waals surface area contributed by atoms with Crippen molar-refractivity contribution < 1.29 is 14.3 Å². The maximum Gasteiger partial charge on any atom is 0.513 e. The number of carbonyl (C=O) groups excluding carboxylic acids is 1. The topological polar surface area (TPSA) is 47.6 Å². The molecule has 0 saturated carbocycles. The van der Waals surface area contributed by atoms with Gasteiger partial charge in [-0.15, -0.1) is 0 Å². The van der Waals surface area contributed by atoms with Crippen LogP contribution < -0.4 is 10.1 Å². The van der Waals surface area contributed by atoms with Crippen molar-refractivity contribution in [2.24, 2.45) is 0 Å². The van der Waals surface area contributed by atoms with Crippen molar-refractivity contribution in [1.29, 1.82) is 0 Å². The summed E-state index contributed by atoms with van der Waals surface area (Å²) < 4.78 is 9.73. The van der Waals surface area contributed by atoms with Crippen LogP contribution in [0, 0.1) is 0 Å². The van der Waals surface area contributed by atoms with Crippen molar-refractivity contribution in [2.45, 2.75) is 6.92 Å². The Morgan fingerprint density at radius 2 is 2.07 bits per heavy atom. The van der Waals surface area contributed by atoms with E-state index in [0.29, 0.717) is 18.9 Å². The van der Waals surface area contributed by atoms with Crippen LogP contribution in [0.25, 0.3) is 0 Å². The summed E-state index contributed by atoms with van der Waals surface area (Å²) >= 11 is 0. The Balaban J connectivity index is 2.19. The van der Waals surface area contributed by atoms with Crippen LogP contribution in [0.15, 0.2) is 30.3 Å². The predicted octanol–water partition coefficient (Wildman–Crippen LogP) is 1.81. The number of likely N-dealkylation sites (N-methyl/N-ethyl adjacent to an activating group) is 1. The van der Waals surface area contributed by atoms with E-state index < -0.39 is 6.16 Å². The lowest BCUT2D eigenvalue weighted by Gasteiger charge is -2.05. The first-order chi connectivity index (χ1) is 7.33. The van der Waals surface area contributed by atoms with Crippen LogP contribution >= 0.6 is 0 Å². The number of benzene rings is 1. The number of para-hydroxylation sites is 1. The van der Waals surface area contributed by atoms with E-state index in [4.69, 9.17) is 9.47 Å². The molecule has 1 aromatic rings. The molecule has 4 nitrogen and oxygen atoms in total. The van der Waals surface area contributed by atoms with Gasteiger partial charge < -0.3 is 14.8 Å². The van der Waals surface area contributed by atoms with Crippen LogP contribution in [0.3, 0.4) is 0 Å². The smallest absolute Gasteiger partial charge is 0.433 e.